The van der Waals surface area contributed by atoms with Crippen molar-refractivity contribution in [2.45, 2.75) is 13.3 Å². The molecule has 0 saturated heterocycles. The molecule has 0 bridgehead atoms. The van der Waals surface area contributed by atoms with Crippen molar-refractivity contribution in [3.05, 3.63) is 36.0 Å². The van der Waals surface area contributed by atoms with Gasteiger partial charge in [-0.1, -0.05) is 12.1 Å². The predicted molar refractivity (Wildman–Crippen MR) is 73.0 cm³/mol. The van der Waals surface area contributed by atoms with Crippen molar-refractivity contribution in [2.75, 3.05) is 0 Å². The van der Waals surface area contributed by atoms with E-state index in [0.717, 1.165) is 23.4 Å². The predicted octanol–water partition coefficient (Wildman–Crippen LogP) is 2.41. The highest BCUT2D eigenvalue weighted by molar-refractivity contribution is 5.58. The molecule has 0 aliphatic heterocycles. The molecule has 0 saturated carbocycles. The average molecular weight is 270 g/mol. The number of nitrogens with zero attached hydrogens (tertiary/aromatic N) is 4. The van der Waals surface area contributed by atoms with E-state index in [-0.39, 0.29) is 5.75 Å². The van der Waals surface area contributed by atoms with Crippen molar-refractivity contribution >= 4 is 0 Å². The fourth-order valence-corrected chi connectivity index (χ4v) is 1.95. The molecule has 2 heterocycles. The van der Waals surface area contributed by atoms with Crippen LogP contribution in [0.4, 0.5) is 0 Å². The molecule has 6 nitrogen and oxygen atoms in total. The van der Waals surface area contributed by atoms with Crippen LogP contribution in [0, 0.1) is 0 Å². The molecule has 0 aliphatic carbocycles. The highest BCUT2D eigenvalue weighted by Gasteiger charge is 2.15. The molecule has 0 atom stereocenters. The van der Waals surface area contributed by atoms with Crippen molar-refractivity contribution in [3.63, 3.8) is 0 Å². The second kappa shape index (κ2) is 4.80. The Balaban J connectivity index is 1.97. The molecule has 102 valence electrons. The van der Waals surface area contributed by atoms with Gasteiger partial charge in [0.05, 0.1) is 5.69 Å². The molecule has 0 unspecified atom stereocenters. The van der Waals surface area contributed by atoms with Crippen LogP contribution in [-0.4, -0.2) is 25.0 Å². The van der Waals surface area contributed by atoms with Crippen LogP contribution in [-0.2, 0) is 13.5 Å². The third-order valence-corrected chi connectivity index (χ3v) is 3.06. The number of hydrogen-bond acceptors (Lipinski definition) is 5. The van der Waals surface area contributed by atoms with Crippen molar-refractivity contribution in [1.82, 2.24) is 19.9 Å². The third-order valence-electron chi connectivity index (χ3n) is 3.06. The molecule has 0 aliphatic rings. The summed E-state index contributed by atoms with van der Waals surface area (Å²) in [5.41, 5.74) is 2.56. The lowest BCUT2D eigenvalue weighted by atomic mass is 10.2. The number of benzene rings is 1. The van der Waals surface area contributed by atoms with Gasteiger partial charge in [0.1, 0.15) is 11.4 Å². The molecular weight excluding hydrogens is 256 g/mol. The molecule has 0 spiro atoms. The number of phenolic OH excluding ortho intramolecular Hbond substituents is 1. The van der Waals surface area contributed by atoms with Gasteiger partial charge in [-0.2, -0.15) is 10.1 Å². The molecule has 20 heavy (non-hydrogen) atoms. The number of hydrogen-bond donors (Lipinski definition) is 1. The quantitative estimate of drug-likeness (QED) is 0.790. The van der Waals surface area contributed by atoms with Gasteiger partial charge in [-0.3, -0.25) is 4.68 Å². The summed E-state index contributed by atoms with van der Waals surface area (Å²) in [4.78, 5) is 4.37. The lowest BCUT2D eigenvalue weighted by molar-refractivity contribution is 0.428. The van der Waals surface area contributed by atoms with E-state index >= 15 is 0 Å². The Hall–Kier alpha value is -2.63. The highest BCUT2D eigenvalue weighted by Crippen LogP contribution is 2.23. The first-order chi connectivity index (χ1) is 9.67. The van der Waals surface area contributed by atoms with Crippen molar-refractivity contribution in [3.8, 4) is 28.7 Å². The van der Waals surface area contributed by atoms with Gasteiger partial charge in [-0.25, -0.2) is 0 Å². The average Bonchev–Trinajstić information content (AvgIpc) is 3.06. The molecule has 0 fully saturated rings. The van der Waals surface area contributed by atoms with Gasteiger partial charge in [0.2, 0.25) is 5.82 Å². The van der Waals surface area contributed by atoms with E-state index in [0.29, 0.717) is 11.7 Å². The van der Waals surface area contributed by atoms with Crippen LogP contribution < -0.4 is 0 Å². The van der Waals surface area contributed by atoms with Crippen molar-refractivity contribution in [1.29, 1.82) is 0 Å². The van der Waals surface area contributed by atoms with Gasteiger partial charge < -0.3 is 9.63 Å². The second-order valence-corrected chi connectivity index (χ2v) is 4.47. The zero-order valence-electron chi connectivity index (χ0n) is 11.2. The lowest BCUT2D eigenvalue weighted by Crippen LogP contribution is -1.94. The molecule has 1 aromatic carbocycles. The Morgan fingerprint density at radius 2 is 2.00 bits per heavy atom. The molecule has 3 rings (SSSR count). The first-order valence-corrected chi connectivity index (χ1v) is 6.33. The summed E-state index contributed by atoms with van der Waals surface area (Å²) in [7, 11) is 1.85. The van der Waals surface area contributed by atoms with Crippen LogP contribution in [0.1, 0.15) is 12.6 Å². The van der Waals surface area contributed by atoms with Gasteiger partial charge in [0.15, 0.2) is 0 Å². The number of aromatic nitrogens is 4. The monoisotopic (exact) mass is 270 g/mol. The second-order valence-electron chi connectivity index (χ2n) is 4.47. The summed E-state index contributed by atoms with van der Waals surface area (Å²) < 4.78 is 7.02. The summed E-state index contributed by atoms with van der Waals surface area (Å²) >= 11 is 0. The lowest BCUT2D eigenvalue weighted by Gasteiger charge is -1.94. The SMILES string of the molecule is CCc1cc(-c2nc(-c3ccc(O)cc3)no2)n(C)n1. The number of aromatic hydroxyl groups is 1. The summed E-state index contributed by atoms with van der Waals surface area (Å²) in [6.45, 7) is 2.04. The fourth-order valence-electron chi connectivity index (χ4n) is 1.95. The minimum Gasteiger partial charge on any atom is -0.508 e. The normalized spacial score (nSPS) is 10.9. The zero-order valence-corrected chi connectivity index (χ0v) is 11.2. The fraction of sp³-hybridized carbons (Fsp3) is 0.214. The maximum absolute atomic E-state index is 9.28. The number of phenols is 1. The van der Waals surface area contributed by atoms with Gasteiger partial charge in [-0.05, 0) is 36.8 Å². The van der Waals surface area contributed by atoms with Crippen LogP contribution in [0.25, 0.3) is 23.0 Å². The molecule has 1 N–H and O–H groups in total. The Bertz CT molecular complexity index is 728. The van der Waals surface area contributed by atoms with Crippen LogP contribution in [0.2, 0.25) is 0 Å². The van der Waals surface area contributed by atoms with E-state index in [1.54, 1.807) is 28.9 Å². The maximum Gasteiger partial charge on any atom is 0.276 e. The van der Waals surface area contributed by atoms with E-state index in [1.807, 2.05) is 20.0 Å². The van der Waals surface area contributed by atoms with Gasteiger partial charge >= 0.3 is 0 Å². The van der Waals surface area contributed by atoms with E-state index in [9.17, 15) is 5.11 Å². The minimum absolute atomic E-state index is 0.205. The summed E-state index contributed by atoms with van der Waals surface area (Å²) in [6.07, 6.45) is 0.854. The smallest absolute Gasteiger partial charge is 0.276 e. The van der Waals surface area contributed by atoms with E-state index in [2.05, 4.69) is 15.2 Å². The van der Waals surface area contributed by atoms with Gasteiger partial charge in [0, 0.05) is 12.6 Å². The topological polar surface area (TPSA) is 77.0 Å². The van der Waals surface area contributed by atoms with Crippen molar-refractivity contribution < 1.29 is 9.63 Å². The minimum atomic E-state index is 0.205. The van der Waals surface area contributed by atoms with Crippen LogP contribution in [0.5, 0.6) is 5.75 Å². The highest BCUT2D eigenvalue weighted by atomic mass is 16.5. The van der Waals surface area contributed by atoms with E-state index in [1.165, 1.54) is 0 Å². The molecule has 0 radical (unpaired) electrons. The van der Waals surface area contributed by atoms with Gasteiger partial charge in [0.25, 0.3) is 5.89 Å². The first-order valence-electron chi connectivity index (χ1n) is 6.33. The Kier molecular flexibility index (Phi) is 2.98. The number of rotatable bonds is 3. The molecule has 0 amide bonds. The standard InChI is InChI=1S/C14H14N4O2/c1-3-10-8-12(18(2)16-10)14-15-13(17-20-14)9-4-6-11(19)7-5-9/h4-8,19H,3H2,1-2H3. The molecule has 6 heteroatoms. The summed E-state index contributed by atoms with van der Waals surface area (Å²) in [5, 5.41) is 17.6. The summed E-state index contributed by atoms with van der Waals surface area (Å²) in [5.74, 6) is 1.12. The first kappa shape index (κ1) is 12.4. The van der Waals surface area contributed by atoms with Crippen LogP contribution in [0.15, 0.2) is 34.9 Å². The van der Waals surface area contributed by atoms with Crippen molar-refractivity contribution in [2.24, 2.45) is 7.05 Å². The molecular formula is C14H14N4O2. The zero-order chi connectivity index (χ0) is 14.1. The Morgan fingerprint density at radius 3 is 2.65 bits per heavy atom. The van der Waals surface area contributed by atoms with Gasteiger partial charge in [-0.15, -0.1) is 0 Å². The molecule has 2 aromatic heterocycles. The van der Waals surface area contributed by atoms with Crippen LogP contribution in [0.3, 0.4) is 0 Å². The summed E-state index contributed by atoms with van der Waals surface area (Å²) in [6, 6.07) is 8.60. The maximum atomic E-state index is 9.28. The molecule has 3 aromatic rings. The van der Waals surface area contributed by atoms with E-state index in [4.69, 9.17) is 4.52 Å². The Labute approximate surface area is 115 Å². The van der Waals surface area contributed by atoms with E-state index < -0.39 is 0 Å². The largest absolute Gasteiger partial charge is 0.508 e. The number of aryl methyl sites for hydroxylation is 2. The Morgan fingerprint density at radius 1 is 1.25 bits per heavy atom. The third kappa shape index (κ3) is 2.16. The van der Waals surface area contributed by atoms with Crippen LogP contribution >= 0.6 is 0 Å².